The molecule has 0 aromatic heterocycles. The maximum absolute atomic E-state index is 12.0. The van der Waals surface area contributed by atoms with Gasteiger partial charge < -0.3 is 15.8 Å². The van der Waals surface area contributed by atoms with Gasteiger partial charge in [-0.1, -0.05) is 24.1 Å². The molecule has 1 aliphatic carbocycles. The number of amides is 1. The lowest BCUT2D eigenvalue weighted by Gasteiger charge is -2.25. The third kappa shape index (κ3) is 5.68. The zero-order valence-corrected chi connectivity index (χ0v) is 13.5. The molecule has 2 unspecified atom stereocenters. The second-order valence-corrected chi connectivity index (χ2v) is 6.28. The Labute approximate surface area is 133 Å². The molecule has 22 heavy (non-hydrogen) atoms. The number of hydrogen-bond donors (Lipinski definition) is 2. The summed E-state index contributed by atoms with van der Waals surface area (Å²) in [6, 6.07) is 8.27. The normalized spacial score (nSPS) is 21.4. The monoisotopic (exact) mass is 304 g/mol. The van der Waals surface area contributed by atoms with Gasteiger partial charge >= 0.3 is 0 Å². The highest BCUT2D eigenvalue weighted by molar-refractivity contribution is 5.78. The van der Waals surface area contributed by atoms with E-state index in [-0.39, 0.29) is 17.9 Å². The molecule has 0 aliphatic heterocycles. The van der Waals surface area contributed by atoms with Crippen LogP contribution in [-0.4, -0.2) is 25.1 Å². The number of unbranched alkanes of at least 4 members (excludes halogenated alkanes) is 1. The third-order valence-corrected chi connectivity index (χ3v) is 4.25. The van der Waals surface area contributed by atoms with Crippen molar-refractivity contribution in [2.45, 2.75) is 51.5 Å². The van der Waals surface area contributed by atoms with Crippen molar-refractivity contribution in [3.8, 4) is 5.75 Å². The number of nitrogens with one attached hydrogen (secondary N) is 1. The quantitative estimate of drug-likeness (QED) is 0.761. The lowest BCUT2D eigenvalue weighted by atomic mass is 9.85. The van der Waals surface area contributed by atoms with Crippen LogP contribution in [0.2, 0.25) is 0 Å². The van der Waals surface area contributed by atoms with Crippen LogP contribution < -0.4 is 15.8 Å². The van der Waals surface area contributed by atoms with Crippen molar-refractivity contribution >= 4 is 5.91 Å². The van der Waals surface area contributed by atoms with Crippen molar-refractivity contribution in [3.63, 3.8) is 0 Å². The SMILES string of the molecule is Cc1ccc(OCCCCNC(=O)C2CCCC(N)C2)cc1. The molecule has 1 fully saturated rings. The summed E-state index contributed by atoms with van der Waals surface area (Å²) in [4.78, 5) is 12.0. The first-order valence-electron chi connectivity index (χ1n) is 8.38. The average Bonchev–Trinajstić information content (AvgIpc) is 2.52. The fraction of sp³-hybridized carbons (Fsp3) is 0.611. The van der Waals surface area contributed by atoms with E-state index in [0.717, 1.165) is 50.8 Å². The third-order valence-electron chi connectivity index (χ3n) is 4.25. The van der Waals surface area contributed by atoms with Crippen LogP contribution in [0.25, 0.3) is 0 Å². The lowest BCUT2D eigenvalue weighted by Crippen LogP contribution is -2.38. The van der Waals surface area contributed by atoms with Crippen LogP contribution in [0.1, 0.15) is 44.1 Å². The summed E-state index contributed by atoms with van der Waals surface area (Å²) < 4.78 is 5.67. The summed E-state index contributed by atoms with van der Waals surface area (Å²) in [6.45, 7) is 3.47. The Bertz CT molecular complexity index is 459. The molecule has 0 saturated heterocycles. The largest absolute Gasteiger partial charge is 0.494 e. The number of ether oxygens (including phenoxy) is 1. The van der Waals surface area contributed by atoms with Gasteiger partial charge in [0.2, 0.25) is 5.91 Å². The molecule has 2 rings (SSSR count). The van der Waals surface area contributed by atoms with Crippen molar-refractivity contribution in [2.24, 2.45) is 11.7 Å². The Morgan fingerprint density at radius 2 is 2.05 bits per heavy atom. The van der Waals surface area contributed by atoms with Crippen LogP contribution in [0.4, 0.5) is 0 Å². The standard InChI is InChI=1S/C18H28N2O2/c1-14-7-9-17(10-8-14)22-12-3-2-11-20-18(21)15-5-4-6-16(19)13-15/h7-10,15-16H,2-6,11-13,19H2,1H3,(H,20,21). The number of benzene rings is 1. The van der Waals surface area contributed by atoms with E-state index < -0.39 is 0 Å². The van der Waals surface area contributed by atoms with Gasteiger partial charge in [-0.2, -0.15) is 0 Å². The van der Waals surface area contributed by atoms with Crippen molar-refractivity contribution in [1.29, 1.82) is 0 Å². The maximum Gasteiger partial charge on any atom is 0.223 e. The zero-order valence-electron chi connectivity index (χ0n) is 13.5. The number of rotatable bonds is 7. The smallest absolute Gasteiger partial charge is 0.223 e. The number of hydrogen-bond acceptors (Lipinski definition) is 3. The molecule has 4 nitrogen and oxygen atoms in total. The summed E-state index contributed by atoms with van der Waals surface area (Å²) in [5, 5.41) is 3.03. The van der Waals surface area contributed by atoms with Crippen molar-refractivity contribution in [2.75, 3.05) is 13.2 Å². The molecule has 122 valence electrons. The fourth-order valence-corrected chi connectivity index (χ4v) is 2.87. The summed E-state index contributed by atoms with van der Waals surface area (Å²) in [6.07, 6.45) is 5.83. The van der Waals surface area contributed by atoms with Crippen molar-refractivity contribution in [3.05, 3.63) is 29.8 Å². The molecule has 3 N–H and O–H groups in total. The molecule has 0 heterocycles. The first-order chi connectivity index (χ1) is 10.6. The fourth-order valence-electron chi connectivity index (χ4n) is 2.87. The van der Waals surface area contributed by atoms with E-state index in [2.05, 4.69) is 12.2 Å². The van der Waals surface area contributed by atoms with Gasteiger partial charge in [0.15, 0.2) is 0 Å². The molecule has 1 aromatic carbocycles. The molecule has 1 saturated carbocycles. The highest BCUT2D eigenvalue weighted by Gasteiger charge is 2.24. The van der Waals surface area contributed by atoms with Crippen molar-refractivity contribution in [1.82, 2.24) is 5.32 Å². The molecule has 1 amide bonds. The minimum atomic E-state index is 0.118. The van der Waals surface area contributed by atoms with Gasteiger partial charge in [-0.15, -0.1) is 0 Å². The Morgan fingerprint density at radius 3 is 2.77 bits per heavy atom. The summed E-state index contributed by atoms with van der Waals surface area (Å²) >= 11 is 0. The first kappa shape index (κ1) is 16.8. The molecular formula is C18H28N2O2. The Kier molecular flexibility index (Phi) is 6.72. The molecule has 1 aliphatic rings. The summed E-state index contributed by atoms with van der Waals surface area (Å²) in [5.74, 6) is 1.20. The van der Waals surface area contributed by atoms with E-state index >= 15 is 0 Å². The van der Waals surface area contributed by atoms with E-state index in [0.29, 0.717) is 6.61 Å². The van der Waals surface area contributed by atoms with E-state index in [1.807, 2.05) is 24.3 Å². The van der Waals surface area contributed by atoms with E-state index in [9.17, 15) is 4.79 Å². The number of nitrogens with two attached hydrogens (primary N) is 1. The molecule has 0 radical (unpaired) electrons. The first-order valence-corrected chi connectivity index (χ1v) is 8.38. The van der Waals surface area contributed by atoms with E-state index in [1.54, 1.807) is 0 Å². The molecule has 0 spiro atoms. The van der Waals surface area contributed by atoms with Crippen LogP contribution in [0.15, 0.2) is 24.3 Å². The van der Waals surface area contributed by atoms with Gasteiger partial charge in [0.05, 0.1) is 6.61 Å². The van der Waals surface area contributed by atoms with Crippen LogP contribution in [0, 0.1) is 12.8 Å². The molecule has 1 aromatic rings. The van der Waals surface area contributed by atoms with Gasteiger partial charge in [-0.25, -0.2) is 0 Å². The highest BCUT2D eigenvalue weighted by Crippen LogP contribution is 2.23. The highest BCUT2D eigenvalue weighted by atomic mass is 16.5. The van der Waals surface area contributed by atoms with Gasteiger partial charge in [0.1, 0.15) is 5.75 Å². The Balaban J connectivity index is 1.53. The average molecular weight is 304 g/mol. The van der Waals surface area contributed by atoms with Gasteiger partial charge in [0, 0.05) is 18.5 Å². The predicted octanol–water partition coefficient (Wildman–Crippen LogP) is 2.79. The topological polar surface area (TPSA) is 64.3 Å². The second-order valence-electron chi connectivity index (χ2n) is 6.28. The minimum Gasteiger partial charge on any atom is -0.494 e. The Morgan fingerprint density at radius 1 is 1.27 bits per heavy atom. The van der Waals surface area contributed by atoms with Crippen LogP contribution in [-0.2, 0) is 4.79 Å². The van der Waals surface area contributed by atoms with Gasteiger partial charge in [-0.3, -0.25) is 4.79 Å². The number of carbonyl (C=O) groups is 1. The molecule has 4 heteroatoms. The molecule has 2 atom stereocenters. The van der Waals surface area contributed by atoms with Crippen LogP contribution in [0.3, 0.4) is 0 Å². The second kappa shape index (κ2) is 8.79. The van der Waals surface area contributed by atoms with Crippen molar-refractivity contribution < 1.29 is 9.53 Å². The van der Waals surface area contributed by atoms with Crippen LogP contribution in [0.5, 0.6) is 5.75 Å². The lowest BCUT2D eigenvalue weighted by molar-refractivity contribution is -0.126. The Hall–Kier alpha value is -1.55. The predicted molar refractivity (Wildman–Crippen MR) is 88.9 cm³/mol. The van der Waals surface area contributed by atoms with E-state index in [1.165, 1.54) is 5.56 Å². The van der Waals surface area contributed by atoms with Gasteiger partial charge in [0.25, 0.3) is 0 Å². The molecular weight excluding hydrogens is 276 g/mol. The number of carbonyl (C=O) groups excluding carboxylic acids is 1. The van der Waals surface area contributed by atoms with E-state index in [4.69, 9.17) is 10.5 Å². The number of aryl methyl sites for hydroxylation is 1. The maximum atomic E-state index is 12.0. The summed E-state index contributed by atoms with van der Waals surface area (Å²) in [5.41, 5.74) is 7.16. The molecule has 0 bridgehead atoms. The minimum absolute atomic E-state index is 0.118. The van der Waals surface area contributed by atoms with Gasteiger partial charge in [-0.05, 0) is 51.2 Å². The summed E-state index contributed by atoms with van der Waals surface area (Å²) in [7, 11) is 0. The zero-order chi connectivity index (χ0) is 15.8. The van der Waals surface area contributed by atoms with Crippen LogP contribution >= 0.6 is 0 Å².